The number of hydrogen-bond acceptors (Lipinski definition) is 9. The molecule has 2 saturated heterocycles. The minimum atomic E-state index is -1.56. The topological polar surface area (TPSA) is 135 Å². The molecule has 0 spiro atoms. The van der Waals surface area contributed by atoms with E-state index >= 15 is 0 Å². The average molecular weight is 356 g/mol. The molecule has 4 N–H and O–H groups in total. The average Bonchev–Trinajstić information content (AvgIpc) is 2.62. The molecule has 3 heterocycles. The van der Waals surface area contributed by atoms with Crippen molar-refractivity contribution >= 4 is 5.97 Å². The van der Waals surface area contributed by atoms with Gasteiger partial charge in [-0.05, 0) is 5.57 Å². The van der Waals surface area contributed by atoms with Gasteiger partial charge in [0, 0.05) is 12.0 Å². The second-order valence-corrected chi connectivity index (χ2v) is 5.86. The van der Waals surface area contributed by atoms with Gasteiger partial charge >= 0.3 is 5.97 Å². The number of fused-ring (bicyclic) bond motifs is 1. The van der Waals surface area contributed by atoms with Crippen LogP contribution >= 0.6 is 0 Å². The van der Waals surface area contributed by atoms with Crippen molar-refractivity contribution < 1.29 is 44.2 Å². The zero-order valence-corrected chi connectivity index (χ0v) is 13.3. The Morgan fingerprint density at radius 3 is 2.72 bits per heavy atom. The molecule has 0 radical (unpaired) electrons. The van der Waals surface area contributed by atoms with Crippen LogP contribution in [-0.2, 0) is 23.7 Å². The summed E-state index contributed by atoms with van der Waals surface area (Å²) in [6, 6.07) is 0. The molecule has 0 aromatic heterocycles. The minimum absolute atomic E-state index is 0.218. The number of aliphatic hydroxyl groups is 4. The predicted octanol–water partition coefficient (Wildman–Crippen LogP) is -1.53. The Hall–Kier alpha value is -1.75. The summed E-state index contributed by atoms with van der Waals surface area (Å²) < 4.78 is 21.2. The summed E-state index contributed by atoms with van der Waals surface area (Å²) in [4.78, 5) is 11.8. The Morgan fingerprint density at radius 1 is 1.28 bits per heavy atom. The second kappa shape index (κ2) is 7.24. The highest BCUT2D eigenvalue weighted by Crippen LogP contribution is 2.34. The number of ether oxygens (including phenoxy) is 4. The van der Waals surface area contributed by atoms with Crippen molar-refractivity contribution in [3.05, 3.63) is 35.6 Å². The van der Waals surface area contributed by atoms with E-state index < -0.39 is 49.6 Å². The lowest BCUT2D eigenvalue weighted by atomic mass is 9.94. The first-order valence-electron chi connectivity index (χ1n) is 7.82. The number of aliphatic hydroxyl groups excluding tert-OH is 4. The number of carbonyl (C=O) groups is 1. The quantitative estimate of drug-likeness (QED) is 0.443. The van der Waals surface area contributed by atoms with E-state index in [9.17, 15) is 25.2 Å². The molecule has 138 valence electrons. The van der Waals surface area contributed by atoms with Crippen molar-refractivity contribution in [2.75, 3.05) is 13.2 Å². The molecule has 6 atom stereocenters. The van der Waals surface area contributed by atoms with Gasteiger partial charge in [0.1, 0.15) is 30.7 Å². The summed E-state index contributed by atoms with van der Waals surface area (Å²) in [5, 5.41) is 38.9. The summed E-state index contributed by atoms with van der Waals surface area (Å²) in [7, 11) is 0. The molecule has 0 bridgehead atoms. The molecule has 0 aromatic rings. The van der Waals surface area contributed by atoms with Gasteiger partial charge in [0.2, 0.25) is 6.29 Å². The molecule has 3 aliphatic heterocycles. The maximum absolute atomic E-state index is 11.8. The molecule has 0 amide bonds. The maximum Gasteiger partial charge on any atom is 0.341 e. The van der Waals surface area contributed by atoms with Crippen LogP contribution in [0.5, 0.6) is 0 Å². The van der Waals surface area contributed by atoms with Gasteiger partial charge in [0.25, 0.3) is 0 Å². The van der Waals surface area contributed by atoms with Crippen LogP contribution in [0.3, 0.4) is 0 Å². The molecule has 3 aliphatic rings. The first kappa shape index (κ1) is 18.1. The third-order valence-corrected chi connectivity index (χ3v) is 4.37. The number of esters is 1. The smallest absolute Gasteiger partial charge is 0.341 e. The van der Waals surface area contributed by atoms with Crippen molar-refractivity contribution in [3.63, 3.8) is 0 Å². The van der Waals surface area contributed by atoms with Crippen LogP contribution in [0.2, 0.25) is 0 Å². The molecule has 9 heteroatoms. The highest BCUT2D eigenvalue weighted by molar-refractivity contribution is 5.94. The SMILES string of the molecule is C=CC1=C2CCOC(=O)C2=CO[C@@H]1O[C@H]1O[C@H](CO)[C@@H](O)[C@H](O)[C@H]1O. The first-order valence-corrected chi connectivity index (χ1v) is 7.82. The highest BCUT2D eigenvalue weighted by atomic mass is 16.8. The van der Waals surface area contributed by atoms with Gasteiger partial charge in [0.15, 0.2) is 6.29 Å². The van der Waals surface area contributed by atoms with Gasteiger partial charge in [-0.2, -0.15) is 0 Å². The molecule has 0 aromatic carbocycles. The molecular weight excluding hydrogens is 336 g/mol. The predicted molar refractivity (Wildman–Crippen MR) is 80.6 cm³/mol. The number of hydrogen-bond donors (Lipinski definition) is 4. The maximum atomic E-state index is 11.8. The normalized spacial score (nSPS) is 38.4. The van der Waals surface area contributed by atoms with E-state index in [0.29, 0.717) is 17.6 Å². The lowest BCUT2D eigenvalue weighted by molar-refractivity contribution is -0.326. The zero-order valence-electron chi connectivity index (χ0n) is 13.3. The van der Waals surface area contributed by atoms with E-state index in [0.717, 1.165) is 0 Å². The van der Waals surface area contributed by atoms with Gasteiger partial charge in [-0.3, -0.25) is 0 Å². The Morgan fingerprint density at radius 2 is 2.04 bits per heavy atom. The fraction of sp³-hybridized carbons (Fsp3) is 0.562. The van der Waals surface area contributed by atoms with Crippen molar-refractivity contribution in [1.29, 1.82) is 0 Å². The summed E-state index contributed by atoms with van der Waals surface area (Å²) in [6.07, 6.45) is -4.96. The monoisotopic (exact) mass is 356 g/mol. The van der Waals surface area contributed by atoms with Crippen LogP contribution in [0, 0.1) is 0 Å². The van der Waals surface area contributed by atoms with Gasteiger partial charge in [-0.1, -0.05) is 12.7 Å². The van der Waals surface area contributed by atoms with Crippen molar-refractivity contribution in [3.8, 4) is 0 Å². The largest absolute Gasteiger partial charge is 0.467 e. The molecule has 0 unspecified atom stereocenters. The van der Waals surface area contributed by atoms with Crippen LogP contribution in [0.4, 0.5) is 0 Å². The molecule has 2 fully saturated rings. The van der Waals surface area contributed by atoms with E-state index in [1.54, 1.807) is 0 Å². The molecule has 9 nitrogen and oxygen atoms in total. The van der Waals surface area contributed by atoms with Gasteiger partial charge in [-0.15, -0.1) is 0 Å². The van der Waals surface area contributed by atoms with Gasteiger partial charge in [-0.25, -0.2) is 4.79 Å². The number of cyclic esters (lactones) is 1. The molecule has 0 saturated carbocycles. The van der Waals surface area contributed by atoms with E-state index in [1.807, 2.05) is 0 Å². The number of carbonyl (C=O) groups excluding carboxylic acids is 1. The Balaban J connectivity index is 1.80. The fourth-order valence-corrected chi connectivity index (χ4v) is 2.97. The van der Waals surface area contributed by atoms with Crippen molar-refractivity contribution in [2.24, 2.45) is 0 Å². The fourth-order valence-electron chi connectivity index (χ4n) is 2.97. The summed E-state index contributed by atoms with van der Waals surface area (Å²) in [6.45, 7) is 3.34. The Kier molecular flexibility index (Phi) is 5.23. The van der Waals surface area contributed by atoms with Crippen LogP contribution < -0.4 is 0 Å². The summed E-state index contributed by atoms with van der Waals surface area (Å²) in [5.74, 6) is -0.508. The standard InChI is InChI=1S/C16H20O9/c1-2-7-8-3-4-22-14(21)9(8)6-23-15(7)25-16-13(20)12(19)11(18)10(5-17)24-16/h2,6,10-13,15-20H,1,3-5H2/t10-,11-,12+,13-,15-,16-/m1/s1. The van der Waals surface area contributed by atoms with Crippen LogP contribution in [0.15, 0.2) is 35.6 Å². The first-order chi connectivity index (χ1) is 12.0. The number of rotatable bonds is 4. The van der Waals surface area contributed by atoms with E-state index in [-0.39, 0.29) is 12.2 Å². The molecule has 0 aliphatic carbocycles. The van der Waals surface area contributed by atoms with E-state index in [2.05, 4.69) is 6.58 Å². The third kappa shape index (κ3) is 3.22. The summed E-state index contributed by atoms with van der Waals surface area (Å²) in [5.41, 5.74) is 1.41. The minimum Gasteiger partial charge on any atom is -0.467 e. The van der Waals surface area contributed by atoms with Crippen molar-refractivity contribution in [2.45, 2.75) is 43.4 Å². The molecule has 25 heavy (non-hydrogen) atoms. The Labute approximate surface area is 143 Å². The molecule has 3 rings (SSSR count). The van der Waals surface area contributed by atoms with E-state index in [4.69, 9.17) is 18.9 Å². The van der Waals surface area contributed by atoms with Crippen LogP contribution in [-0.4, -0.2) is 76.6 Å². The third-order valence-electron chi connectivity index (χ3n) is 4.37. The molecular formula is C16H20O9. The Bertz CT molecular complexity index is 609. The summed E-state index contributed by atoms with van der Waals surface area (Å²) >= 11 is 0. The lowest BCUT2D eigenvalue weighted by Gasteiger charge is -2.41. The van der Waals surface area contributed by atoms with Gasteiger partial charge in [0.05, 0.1) is 18.8 Å². The second-order valence-electron chi connectivity index (χ2n) is 5.86. The van der Waals surface area contributed by atoms with Gasteiger partial charge < -0.3 is 39.4 Å². The van der Waals surface area contributed by atoms with Crippen LogP contribution in [0.1, 0.15) is 6.42 Å². The van der Waals surface area contributed by atoms with Crippen LogP contribution in [0.25, 0.3) is 0 Å². The van der Waals surface area contributed by atoms with Crippen molar-refractivity contribution in [1.82, 2.24) is 0 Å². The highest BCUT2D eigenvalue weighted by Gasteiger charge is 2.46. The zero-order chi connectivity index (χ0) is 18.1. The van der Waals surface area contributed by atoms with E-state index in [1.165, 1.54) is 12.3 Å². The lowest BCUT2D eigenvalue weighted by Crippen LogP contribution is -2.59.